The van der Waals surface area contributed by atoms with Crippen molar-refractivity contribution < 1.29 is 24.9 Å². The number of hydrogen-bond acceptors (Lipinski definition) is 8. The van der Waals surface area contributed by atoms with Gasteiger partial charge in [-0.25, -0.2) is 0 Å². The first-order valence-electron chi connectivity index (χ1n) is 8.02. The van der Waals surface area contributed by atoms with Crippen LogP contribution in [0.3, 0.4) is 0 Å². The number of nitrogens with zero attached hydrogens (tertiary/aromatic N) is 2. The molecule has 0 bridgehead atoms. The second kappa shape index (κ2) is 20.6. The number of rotatable bonds is 16. The Kier molecular flexibility index (Phi) is 24.2. The van der Waals surface area contributed by atoms with Crippen LogP contribution in [0.4, 0.5) is 0 Å². The SMILES string of the molecule is Br.Br.O=C(O)CN(CCN(CCC=S)CCC=S)CC(=O)NCC(O)CO. The van der Waals surface area contributed by atoms with E-state index in [1.165, 1.54) is 4.90 Å². The molecule has 27 heavy (non-hydrogen) atoms. The minimum atomic E-state index is -1.03. The molecule has 0 spiro atoms. The summed E-state index contributed by atoms with van der Waals surface area (Å²) in [4.78, 5) is 26.5. The smallest absolute Gasteiger partial charge is 0.317 e. The maximum absolute atomic E-state index is 11.9. The van der Waals surface area contributed by atoms with Gasteiger partial charge in [-0.1, -0.05) is 24.4 Å². The van der Waals surface area contributed by atoms with Gasteiger partial charge in [-0.2, -0.15) is 0 Å². The van der Waals surface area contributed by atoms with Crippen LogP contribution in [0.1, 0.15) is 12.8 Å². The fourth-order valence-corrected chi connectivity index (χ4v) is 2.26. The van der Waals surface area contributed by atoms with E-state index in [4.69, 9.17) is 34.6 Å². The van der Waals surface area contributed by atoms with Crippen molar-refractivity contribution in [2.24, 2.45) is 0 Å². The van der Waals surface area contributed by atoms with E-state index in [2.05, 4.69) is 10.2 Å². The number of carbonyl (C=O) groups excluding carboxylic acids is 1. The first-order valence-corrected chi connectivity index (χ1v) is 8.96. The highest BCUT2D eigenvalue weighted by atomic mass is 79.9. The third-order valence-corrected chi connectivity index (χ3v) is 3.80. The summed E-state index contributed by atoms with van der Waals surface area (Å²) in [5.74, 6) is -1.43. The number of thiocarbonyl (C=S) groups is 2. The van der Waals surface area contributed by atoms with E-state index < -0.39 is 24.6 Å². The van der Waals surface area contributed by atoms with Crippen LogP contribution in [-0.4, -0.2) is 106 Å². The molecule has 8 nitrogen and oxygen atoms in total. The average Bonchev–Trinajstić information content (AvgIpc) is 2.58. The van der Waals surface area contributed by atoms with Gasteiger partial charge in [-0.3, -0.25) is 14.5 Å². The predicted octanol–water partition coefficient (Wildman–Crippen LogP) is 0.0798. The number of aliphatic hydroxyl groups is 2. The number of hydrogen-bond donors (Lipinski definition) is 4. The molecule has 0 fully saturated rings. The van der Waals surface area contributed by atoms with Gasteiger partial charge in [-0.15, -0.1) is 34.0 Å². The van der Waals surface area contributed by atoms with E-state index in [0.717, 1.165) is 25.9 Å². The molecule has 0 aromatic heterocycles. The third kappa shape index (κ3) is 19.0. The van der Waals surface area contributed by atoms with Crippen molar-refractivity contribution in [3.63, 3.8) is 0 Å². The molecule has 0 aliphatic carbocycles. The molecule has 0 aromatic rings. The molecule has 4 N–H and O–H groups in total. The molecule has 160 valence electrons. The Morgan fingerprint density at radius 2 is 1.48 bits per heavy atom. The molecule has 0 saturated heterocycles. The second-order valence-corrected chi connectivity index (χ2v) is 6.16. The lowest BCUT2D eigenvalue weighted by Gasteiger charge is -2.26. The fraction of sp³-hybridized carbons (Fsp3) is 0.733. The Bertz CT molecular complexity index is 424. The van der Waals surface area contributed by atoms with Crippen LogP contribution in [0.15, 0.2) is 0 Å². The van der Waals surface area contributed by atoms with Crippen LogP contribution in [0.5, 0.6) is 0 Å². The molecular weight excluding hydrogens is 526 g/mol. The molecule has 0 aromatic carbocycles. The Morgan fingerprint density at radius 1 is 0.963 bits per heavy atom. The number of halogens is 2. The minimum absolute atomic E-state index is 0. The Balaban J connectivity index is -0.00000288. The molecule has 0 rings (SSSR count). The van der Waals surface area contributed by atoms with Gasteiger partial charge >= 0.3 is 5.97 Å². The number of carboxylic acid groups (broad SMARTS) is 1. The summed E-state index contributed by atoms with van der Waals surface area (Å²) in [5.41, 5.74) is 0. The molecule has 1 unspecified atom stereocenters. The molecule has 0 heterocycles. The first-order chi connectivity index (χ1) is 11.9. The third-order valence-electron chi connectivity index (χ3n) is 3.33. The van der Waals surface area contributed by atoms with Crippen LogP contribution in [0.25, 0.3) is 0 Å². The lowest BCUT2D eigenvalue weighted by Crippen LogP contribution is -2.45. The minimum Gasteiger partial charge on any atom is -0.480 e. The number of carboxylic acids is 1. The zero-order valence-corrected chi connectivity index (χ0v) is 20.0. The number of aliphatic carboxylic acids is 1. The van der Waals surface area contributed by atoms with Crippen molar-refractivity contribution in [3.8, 4) is 0 Å². The van der Waals surface area contributed by atoms with Gasteiger partial charge in [0.25, 0.3) is 0 Å². The Morgan fingerprint density at radius 3 is 1.93 bits per heavy atom. The zero-order valence-electron chi connectivity index (χ0n) is 15.0. The van der Waals surface area contributed by atoms with Crippen molar-refractivity contribution >= 4 is 81.0 Å². The number of nitrogens with one attached hydrogen (secondary N) is 1. The Labute approximate surface area is 191 Å². The van der Waals surface area contributed by atoms with Crippen LogP contribution >= 0.6 is 58.4 Å². The average molecular weight is 555 g/mol. The molecular formula is C15H29Br2N3O5S2. The highest BCUT2D eigenvalue weighted by Gasteiger charge is 2.16. The molecule has 0 saturated carbocycles. The summed E-state index contributed by atoms with van der Waals surface area (Å²) < 4.78 is 0. The molecule has 0 aliphatic heterocycles. The quantitative estimate of drug-likeness (QED) is 0.197. The van der Waals surface area contributed by atoms with E-state index in [-0.39, 0.29) is 53.6 Å². The van der Waals surface area contributed by atoms with Crippen LogP contribution in [0, 0.1) is 0 Å². The predicted molar refractivity (Wildman–Crippen MR) is 124 cm³/mol. The number of aliphatic hydroxyl groups excluding tert-OH is 2. The van der Waals surface area contributed by atoms with Gasteiger partial charge in [0.1, 0.15) is 0 Å². The van der Waals surface area contributed by atoms with Crippen molar-refractivity contribution in [2.75, 3.05) is 52.4 Å². The topological polar surface area (TPSA) is 113 Å². The van der Waals surface area contributed by atoms with Crippen molar-refractivity contribution in [1.29, 1.82) is 0 Å². The van der Waals surface area contributed by atoms with Crippen molar-refractivity contribution in [2.45, 2.75) is 18.9 Å². The van der Waals surface area contributed by atoms with Crippen LogP contribution in [0.2, 0.25) is 0 Å². The molecule has 0 aliphatic rings. The lowest BCUT2D eigenvalue weighted by molar-refractivity contribution is -0.138. The van der Waals surface area contributed by atoms with Gasteiger partial charge in [0.2, 0.25) is 5.91 Å². The molecule has 12 heteroatoms. The summed E-state index contributed by atoms with van der Waals surface area (Å²) in [7, 11) is 0. The largest absolute Gasteiger partial charge is 0.480 e. The normalized spacial score (nSPS) is 11.3. The van der Waals surface area contributed by atoms with Gasteiger partial charge in [0, 0.05) is 32.7 Å². The molecule has 1 atom stereocenters. The fourth-order valence-electron chi connectivity index (χ4n) is 2.05. The maximum Gasteiger partial charge on any atom is 0.317 e. The van der Waals surface area contributed by atoms with E-state index in [1.54, 1.807) is 10.7 Å². The van der Waals surface area contributed by atoms with Gasteiger partial charge in [-0.05, 0) is 23.6 Å². The zero-order chi connectivity index (χ0) is 19.1. The number of carbonyl (C=O) groups is 2. The van der Waals surface area contributed by atoms with E-state index in [0.29, 0.717) is 13.1 Å². The standard InChI is InChI=1S/C15H27N3O5S2.2BrH/c19-12-13(20)9-16-14(21)10-18(11-15(22)23)6-5-17(3-1-7-24)4-2-8-25;;/h7-8,13,19-20H,1-6,9-12H2,(H,16,21)(H,22,23);2*1H. The number of amides is 1. The van der Waals surface area contributed by atoms with Crippen molar-refractivity contribution in [3.05, 3.63) is 0 Å². The van der Waals surface area contributed by atoms with Crippen molar-refractivity contribution in [1.82, 2.24) is 15.1 Å². The summed E-state index contributed by atoms with van der Waals surface area (Å²) in [5, 5.41) is 32.7. The van der Waals surface area contributed by atoms with Gasteiger partial charge in [0.15, 0.2) is 0 Å². The molecule has 1 amide bonds. The van der Waals surface area contributed by atoms with Crippen LogP contribution in [-0.2, 0) is 9.59 Å². The summed E-state index contributed by atoms with van der Waals surface area (Å²) in [6.07, 6.45) is 0.452. The van der Waals surface area contributed by atoms with Gasteiger partial charge < -0.3 is 25.5 Å². The van der Waals surface area contributed by atoms with E-state index in [9.17, 15) is 14.7 Å². The summed E-state index contributed by atoms with van der Waals surface area (Å²) in [6, 6.07) is 0. The first kappa shape index (κ1) is 31.6. The monoisotopic (exact) mass is 553 g/mol. The maximum atomic E-state index is 11.9. The summed E-state index contributed by atoms with van der Waals surface area (Å²) >= 11 is 9.67. The summed E-state index contributed by atoms with van der Waals surface area (Å²) in [6.45, 7) is 1.61. The Hall–Kier alpha value is -0.0800. The van der Waals surface area contributed by atoms with E-state index in [1.807, 2.05) is 0 Å². The van der Waals surface area contributed by atoms with E-state index >= 15 is 0 Å². The highest BCUT2D eigenvalue weighted by Crippen LogP contribution is 1.97. The molecule has 0 radical (unpaired) electrons. The van der Waals surface area contributed by atoms with Crippen LogP contribution < -0.4 is 5.32 Å². The lowest BCUT2D eigenvalue weighted by atomic mass is 10.3. The second-order valence-electron chi connectivity index (χ2n) is 5.50. The van der Waals surface area contributed by atoms with Gasteiger partial charge in [0.05, 0.1) is 25.8 Å². The highest BCUT2D eigenvalue weighted by molar-refractivity contribution is 8.93.